The van der Waals surface area contributed by atoms with Gasteiger partial charge in [0.15, 0.2) is 0 Å². The summed E-state index contributed by atoms with van der Waals surface area (Å²) in [6.45, 7) is 6.39. The second-order valence-corrected chi connectivity index (χ2v) is 8.51. The van der Waals surface area contributed by atoms with Gasteiger partial charge in [-0.3, -0.25) is 0 Å². The predicted molar refractivity (Wildman–Crippen MR) is 135 cm³/mol. The SMILES string of the molecule is CCOC(=O)c1cc2c(ccn2C(c2ccccc2)c2ccccc2)c2cc(C)c(C)cc12. The Labute approximate surface area is 194 Å². The quantitative estimate of drug-likeness (QED) is 0.274. The van der Waals surface area contributed by atoms with Crippen LogP contribution in [0.1, 0.15) is 45.6 Å². The Kier molecular flexibility index (Phi) is 5.47. The zero-order chi connectivity index (χ0) is 22.9. The van der Waals surface area contributed by atoms with Crippen LogP contribution in [-0.4, -0.2) is 17.1 Å². The molecule has 0 fully saturated rings. The third kappa shape index (κ3) is 3.70. The molecule has 4 aromatic carbocycles. The van der Waals surface area contributed by atoms with Crippen molar-refractivity contribution in [2.75, 3.05) is 6.61 Å². The number of carbonyl (C=O) groups is 1. The lowest BCUT2D eigenvalue weighted by Gasteiger charge is -2.22. The average Bonchev–Trinajstić information content (AvgIpc) is 3.25. The summed E-state index contributed by atoms with van der Waals surface area (Å²) in [7, 11) is 0. The molecule has 0 radical (unpaired) electrons. The van der Waals surface area contributed by atoms with Crippen molar-refractivity contribution in [2.45, 2.75) is 26.8 Å². The lowest BCUT2D eigenvalue weighted by molar-refractivity contribution is 0.0529. The van der Waals surface area contributed by atoms with Gasteiger partial charge in [0.2, 0.25) is 0 Å². The van der Waals surface area contributed by atoms with E-state index in [-0.39, 0.29) is 12.0 Å². The van der Waals surface area contributed by atoms with Gasteiger partial charge in [-0.05, 0) is 65.9 Å². The minimum atomic E-state index is -0.281. The van der Waals surface area contributed by atoms with Gasteiger partial charge in [0, 0.05) is 11.6 Å². The molecule has 0 spiro atoms. The Bertz CT molecular complexity index is 1410. The maximum absolute atomic E-state index is 13.0. The maximum Gasteiger partial charge on any atom is 0.338 e. The molecule has 1 aromatic heterocycles. The van der Waals surface area contributed by atoms with Crippen molar-refractivity contribution in [3.63, 3.8) is 0 Å². The van der Waals surface area contributed by atoms with Gasteiger partial charge in [0.25, 0.3) is 0 Å². The van der Waals surface area contributed by atoms with E-state index in [2.05, 4.69) is 91.3 Å². The molecule has 5 rings (SSSR count). The fraction of sp³-hybridized carbons (Fsp3) is 0.167. The van der Waals surface area contributed by atoms with Crippen LogP contribution in [0.5, 0.6) is 0 Å². The number of fused-ring (bicyclic) bond motifs is 3. The molecule has 5 aromatic rings. The fourth-order valence-electron chi connectivity index (χ4n) is 4.70. The third-order valence-electron chi connectivity index (χ3n) is 6.46. The lowest BCUT2D eigenvalue weighted by atomic mass is 9.95. The van der Waals surface area contributed by atoms with E-state index < -0.39 is 0 Å². The first-order chi connectivity index (χ1) is 16.1. The molecule has 3 nitrogen and oxygen atoms in total. The van der Waals surface area contributed by atoms with Gasteiger partial charge in [0.1, 0.15) is 0 Å². The zero-order valence-corrected chi connectivity index (χ0v) is 19.2. The summed E-state index contributed by atoms with van der Waals surface area (Å²) in [5, 5.41) is 3.16. The fourth-order valence-corrected chi connectivity index (χ4v) is 4.70. The Morgan fingerprint density at radius 3 is 1.94 bits per heavy atom. The minimum Gasteiger partial charge on any atom is -0.462 e. The van der Waals surface area contributed by atoms with Gasteiger partial charge < -0.3 is 9.30 Å². The number of aryl methyl sites for hydroxylation is 2. The van der Waals surface area contributed by atoms with E-state index >= 15 is 0 Å². The van der Waals surface area contributed by atoms with E-state index in [4.69, 9.17) is 4.74 Å². The molecule has 164 valence electrons. The first-order valence-electron chi connectivity index (χ1n) is 11.4. The molecular weight excluding hydrogens is 406 g/mol. The summed E-state index contributed by atoms with van der Waals surface area (Å²) in [6, 6.07) is 29.5. The monoisotopic (exact) mass is 433 g/mol. The van der Waals surface area contributed by atoms with E-state index in [0.29, 0.717) is 12.2 Å². The normalized spacial score (nSPS) is 11.4. The van der Waals surface area contributed by atoms with Crippen LogP contribution in [0.3, 0.4) is 0 Å². The minimum absolute atomic E-state index is 0.0102. The van der Waals surface area contributed by atoms with Crippen LogP contribution >= 0.6 is 0 Å². The second-order valence-electron chi connectivity index (χ2n) is 8.51. The summed E-state index contributed by atoms with van der Waals surface area (Å²) >= 11 is 0. The molecule has 1 heterocycles. The van der Waals surface area contributed by atoms with Crippen LogP contribution in [-0.2, 0) is 4.74 Å². The number of hydrogen-bond donors (Lipinski definition) is 0. The molecule has 3 heteroatoms. The second kappa shape index (κ2) is 8.59. The molecule has 0 amide bonds. The van der Waals surface area contributed by atoms with Gasteiger partial charge in [-0.15, -0.1) is 0 Å². The van der Waals surface area contributed by atoms with Crippen molar-refractivity contribution >= 4 is 27.6 Å². The van der Waals surface area contributed by atoms with Crippen molar-refractivity contribution in [2.24, 2.45) is 0 Å². The van der Waals surface area contributed by atoms with Gasteiger partial charge >= 0.3 is 5.97 Å². The molecule has 0 saturated carbocycles. The summed E-state index contributed by atoms with van der Waals surface area (Å²) in [5.41, 5.74) is 6.39. The van der Waals surface area contributed by atoms with Crippen molar-refractivity contribution in [1.29, 1.82) is 0 Å². The lowest BCUT2D eigenvalue weighted by Crippen LogP contribution is -2.12. The highest BCUT2D eigenvalue weighted by atomic mass is 16.5. The predicted octanol–water partition coefficient (Wildman–Crippen LogP) is 7.23. The molecule has 0 atom stereocenters. The highest BCUT2D eigenvalue weighted by molar-refractivity contribution is 6.16. The molecule has 33 heavy (non-hydrogen) atoms. The van der Waals surface area contributed by atoms with Crippen LogP contribution in [0.4, 0.5) is 0 Å². The number of aromatic nitrogens is 1. The highest BCUT2D eigenvalue weighted by Gasteiger charge is 2.22. The first kappa shape index (κ1) is 21.0. The molecule has 0 N–H and O–H groups in total. The van der Waals surface area contributed by atoms with Gasteiger partial charge in [0.05, 0.1) is 23.7 Å². The summed E-state index contributed by atoms with van der Waals surface area (Å²) < 4.78 is 7.73. The standard InChI is InChI=1S/C30H27NO2/c1-4-33-30(32)27-19-28-24(25-17-20(2)21(3)18-26(25)27)15-16-31(28)29(22-11-7-5-8-12-22)23-13-9-6-10-14-23/h5-19,29H,4H2,1-3H3. The maximum atomic E-state index is 13.0. The van der Waals surface area contributed by atoms with Gasteiger partial charge in [-0.1, -0.05) is 72.8 Å². The zero-order valence-electron chi connectivity index (χ0n) is 19.2. The van der Waals surface area contributed by atoms with E-state index in [1.807, 2.05) is 25.1 Å². The Morgan fingerprint density at radius 1 is 0.788 bits per heavy atom. The smallest absolute Gasteiger partial charge is 0.338 e. The summed E-state index contributed by atoms with van der Waals surface area (Å²) in [5.74, 6) is -0.281. The number of nitrogens with zero attached hydrogens (tertiary/aromatic N) is 1. The molecule has 0 saturated heterocycles. The highest BCUT2D eigenvalue weighted by Crippen LogP contribution is 2.36. The molecule has 0 unspecified atom stereocenters. The Hall–Kier alpha value is -3.85. The summed E-state index contributed by atoms with van der Waals surface area (Å²) in [6.07, 6.45) is 2.14. The van der Waals surface area contributed by atoms with E-state index in [9.17, 15) is 4.79 Å². The van der Waals surface area contributed by atoms with E-state index in [1.54, 1.807) is 0 Å². The third-order valence-corrected chi connectivity index (χ3v) is 6.46. The van der Waals surface area contributed by atoms with Crippen molar-refractivity contribution in [1.82, 2.24) is 4.57 Å². The van der Waals surface area contributed by atoms with E-state index in [1.165, 1.54) is 22.3 Å². The molecular formula is C30H27NO2. The van der Waals surface area contributed by atoms with Crippen LogP contribution < -0.4 is 0 Å². The average molecular weight is 434 g/mol. The van der Waals surface area contributed by atoms with Gasteiger partial charge in [-0.25, -0.2) is 4.79 Å². The number of benzene rings is 4. The number of rotatable bonds is 5. The number of carbonyl (C=O) groups excluding carboxylic acids is 1. The number of esters is 1. The van der Waals surface area contributed by atoms with Crippen molar-refractivity contribution in [3.8, 4) is 0 Å². The largest absolute Gasteiger partial charge is 0.462 e. The Balaban J connectivity index is 1.84. The van der Waals surface area contributed by atoms with Crippen LogP contribution in [0, 0.1) is 13.8 Å². The topological polar surface area (TPSA) is 31.2 Å². The molecule has 0 aliphatic rings. The number of hydrogen-bond acceptors (Lipinski definition) is 2. The molecule has 0 aliphatic carbocycles. The summed E-state index contributed by atoms with van der Waals surface area (Å²) in [4.78, 5) is 13.0. The Morgan fingerprint density at radius 2 is 1.36 bits per heavy atom. The van der Waals surface area contributed by atoms with E-state index in [0.717, 1.165) is 21.7 Å². The van der Waals surface area contributed by atoms with Crippen LogP contribution in [0.15, 0.2) is 91.1 Å². The van der Waals surface area contributed by atoms with Crippen LogP contribution in [0.25, 0.3) is 21.7 Å². The van der Waals surface area contributed by atoms with Crippen molar-refractivity contribution in [3.05, 3.63) is 119 Å². The van der Waals surface area contributed by atoms with Gasteiger partial charge in [-0.2, -0.15) is 0 Å². The molecule has 0 aliphatic heterocycles. The van der Waals surface area contributed by atoms with Crippen LogP contribution in [0.2, 0.25) is 0 Å². The van der Waals surface area contributed by atoms with Crippen molar-refractivity contribution < 1.29 is 9.53 Å². The number of ether oxygens (including phenoxy) is 1. The first-order valence-corrected chi connectivity index (χ1v) is 11.4. The molecule has 0 bridgehead atoms.